The van der Waals surface area contributed by atoms with E-state index in [1.807, 2.05) is 38.1 Å². The number of aliphatic hydroxyl groups is 1. The molecule has 2 aromatic carbocycles. The number of benzene rings is 2. The number of ether oxygens (including phenoxy) is 2. The molecule has 2 N–H and O–H groups in total. The van der Waals surface area contributed by atoms with Gasteiger partial charge in [-0.05, 0) is 30.7 Å². The Morgan fingerprint density at radius 3 is 2.66 bits per heavy atom. The van der Waals surface area contributed by atoms with E-state index >= 15 is 0 Å². The van der Waals surface area contributed by atoms with Gasteiger partial charge in [0.1, 0.15) is 5.75 Å². The summed E-state index contributed by atoms with van der Waals surface area (Å²) in [6.45, 7) is 3.62. The first-order chi connectivity index (χ1) is 15.4. The van der Waals surface area contributed by atoms with Gasteiger partial charge < -0.3 is 19.9 Å². The summed E-state index contributed by atoms with van der Waals surface area (Å²) in [5.41, 5.74) is 2.11. The molecule has 8 heteroatoms. The zero-order chi connectivity index (χ0) is 23.3. The van der Waals surface area contributed by atoms with Crippen molar-refractivity contribution in [2.75, 3.05) is 26.1 Å². The average Bonchev–Trinajstić information content (AvgIpc) is 2.83. The SMILES string of the molecule is COC(=O)c1ccc(C)c(-n2ccnc(N[C@@H](c3ccccc3OC)[C@@H](C)CO)c2=O)c1. The van der Waals surface area contributed by atoms with E-state index in [4.69, 9.17) is 9.47 Å². The van der Waals surface area contributed by atoms with Gasteiger partial charge in [-0.25, -0.2) is 9.78 Å². The Labute approximate surface area is 186 Å². The Morgan fingerprint density at radius 2 is 1.97 bits per heavy atom. The number of esters is 1. The lowest BCUT2D eigenvalue weighted by atomic mass is 9.94. The van der Waals surface area contributed by atoms with E-state index in [0.717, 1.165) is 11.1 Å². The zero-order valence-electron chi connectivity index (χ0n) is 18.5. The van der Waals surface area contributed by atoms with Crippen LogP contribution < -0.4 is 15.6 Å². The number of hydrogen-bond acceptors (Lipinski definition) is 7. The van der Waals surface area contributed by atoms with Crippen molar-refractivity contribution in [2.24, 2.45) is 5.92 Å². The van der Waals surface area contributed by atoms with Crippen LogP contribution in [0.25, 0.3) is 5.69 Å². The molecule has 0 saturated carbocycles. The van der Waals surface area contributed by atoms with Crippen molar-refractivity contribution in [1.29, 1.82) is 0 Å². The number of aryl methyl sites for hydroxylation is 1. The molecule has 0 amide bonds. The van der Waals surface area contributed by atoms with Crippen LogP contribution in [0, 0.1) is 12.8 Å². The fraction of sp³-hybridized carbons (Fsp3) is 0.292. The molecule has 0 aliphatic rings. The number of carbonyl (C=O) groups excluding carboxylic acids is 1. The van der Waals surface area contributed by atoms with E-state index in [9.17, 15) is 14.7 Å². The van der Waals surface area contributed by atoms with Gasteiger partial charge in [0.2, 0.25) is 0 Å². The number of anilines is 1. The maximum absolute atomic E-state index is 13.3. The second kappa shape index (κ2) is 10.1. The summed E-state index contributed by atoms with van der Waals surface area (Å²) in [6, 6.07) is 12.0. The second-order valence-corrected chi connectivity index (χ2v) is 7.47. The molecule has 0 aliphatic carbocycles. The second-order valence-electron chi connectivity index (χ2n) is 7.47. The summed E-state index contributed by atoms with van der Waals surface area (Å²) in [4.78, 5) is 29.5. The van der Waals surface area contributed by atoms with Crippen LogP contribution in [0.15, 0.2) is 59.7 Å². The Morgan fingerprint density at radius 1 is 1.22 bits per heavy atom. The maximum atomic E-state index is 13.3. The normalized spacial score (nSPS) is 12.7. The van der Waals surface area contributed by atoms with E-state index in [-0.39, 0.29) is 23.9 Å². The van der Waals surface area contributed by atoms with Gasteiger partial charge in [0, 0.05) is 30.5 Å². The van der Waals surface area contributed by atoms with Crippen LogP contribution >= 0.6 is 0 Å². The van der Waals surface area contributed by atoms with Crippen molar-refractivity contribution in [3.63, 3.8) is 0 Å². The number of aliphatic hydroxyl groups excluding tert-OH is 1. The van der Waals surface area contributed by atoms with Crippen LogP contribution in [0.5, 0.6) is 5.75 Å². The molecule has 3 rings (SSSR count). The highest BCUT2D eigenvalue weighted by molar-refractivity contribution is 5.90. The fourth-order valence-electron chi connectivity index (χ4n) is 3.52. The van der Waals surface area contributed by atoms with Crippen molar-refractivity contribution in [2.45, 2.75) is 19.9 Å². The Hall–Kier alpha value is -3.65. The number of carbonyl (C=O) groups is 1. The van der Waals surface area contributed by atoms with Gasteiger partial charge in [-0.3, -0.25) is 9.36 Å². The third-order valence-corrected chi connectivity index (χ3v) is 5.35. The largest absolute Gasteiger partial charge is 0.496 e. The van der Waals surface area contributed by atoms with Crippen molar-refractivity contribution in [3.8, 4) is 11.4 Å². The first-order valence-electron chi connectivity index (χ1n) is 10.2. The molecule has 2 atom stereocenters. The Bertz CT molecular complexity index is 1160. The van der Waals surface area contributed by atoms with Crippen molar-refractivity contribution in [1.82, 2.24) is 9.55 Å². The molecule has 0 bridgehead atoms. The van der Waals surface area contributed by atoms with Gasteiger partial charge in [-0.1, -0.05) is 31.2 Å². The Balaban J connectivity index is 2.06. The number of nitrogens with one attached hydrogen (secondary N) is 1. The number of para-hydroxylation sites is 1. The number of methoxy groups -OCH3 is 2. The molecule has 0 radical (unpaired) electrons. The first kappa shape index (κ1) is 23.0. The molecule has 168 valence electrons. The van der Waals surface area contributed by atoms with Crippen LogP contribution in [0.1, 0.15) is 34.5 Å². The summed E-state index contributed by atoms with van der Waals surface area (Å²) in [5.74, 6) is 0.0417. The lowest BCUT2D eigenvalue weighted by molar-refractivity contribution is 0.0600. The highest BCUT2D eigenvalue weighted by Gasteiger charge is 2.24. The third kappa shape index (κ3) is 4.65. The van der Waals surface area contributed by atoms with Crippen LogP contribution in [0.4, 0.5) is 5.82 Å². The molecular formula is C24H27N3O5. The van der Waals surface area contributed by atoms with Gasteiger partial charge in [0.15, 0.2) is 5.82 Å². The summed E-state index contributed by atoms with van der Waals surface area (Å²) >= 11 is 0. The zero-order valence-corrected chi connectivity index (χ0v) is 18.5. The van der Waals surface area contributed by atoms with E-state index in [0.29, 0.717) is 17.0 Å². The molecule has 1 aromatic heterocycles. The summed E-state index contributed by atoms with van der Waals surface area (Å²) in [7, 11) is 2.88. The standard InChI is InChI=1S/C24H27N3O5/c1-15-9-10-17(24(30)32-4)13-19(15)27-12-11-25-22(23(27)29)26-21(16(2)14-28)18-7-5-6-8-20(18)31-3/h5-13,16,21,28H,14H2,1-4H3,(H,25,26)/t16-,21+/m0/s1. The highest BCUT2D eigenvalue weighted by Crippen LogP contribution is 2.32. The Kier molecular flexibility index (Phi) is 7.27. The lowest BCUT2D eigenvalue weighted by Crippen LogP contribution is -2.29. The minimum Gasteiger partial charge on any atom is -0.496 e. The van der Waals surface area contributed by atoms with Gasteiger partial charge in [-0.2, -0.15) is 0 Å². The van der Waals surface area contributed by atoms with Gasteiger partial charge in [0.25, 0.3) is 5.56 Å². The van der Waals surface area contributed by atoms with Gasteiger partial charge in [-0.15, -0.1) is 0 Å². The molecule has 1 heterocycles. The van der Waals surface area contributed by atoms with Crippen LogP contribution in [-0.2, 0) is 4.74 Å². The highest BCUT2D eigenvalue weighted by atomic mass is 16.5. The quantitative estimate of drug-likeness (QED) is 0.522. The summed E-state index contributed by atoms with van der Waals surface area (Å²) in [5, 5.41) is 13.0. The number of nitrogens with zero attached hydrogens (tertiary/aromatic N) is 2. The van der Waals surface area contributed by atoms with Crippen molar-refractivity contribution in [3.05, 3.63) is 81.9 Å². The predicted molar refractivity (Wildman–Crippen MR) is 122 cm³/mol. The first-order valence-corrected chi connectivity index (χ1v) is 10.2. The molecule has 0 aliphatic heterocycles. The smallest absolute Gasteiger partial charge is 0.337 e. The molecule has 3 aromatic rings. The minimum absolute atomic E-state index is 0.100. The number of hydrogen-bond donors (Lipinski definition) is 2. The minimum atomic E-state index is -0.486. The van der Waals surface area contributed by atoms with Crippen molar-refractivity contribution >= 4 is 11.8 Å². The van der Waals surface area contributed by atoms with E-state index in [1.54, 1.807) is 31.5 Å². The average molecular weight is 437 g/mol. The predicted octanol–water partition coefficient (Wildman–Crippen LogP) is 3.12. The van der Waals surface area contributed by atoms with Gasteiger partial charge in [0.05, 0.1) is 31.5 Å². The molecule has 0 fully saturated rings. The molecule has 0 spiro atoms. The molecule has 32 heavy (non-hydrogen) atoms. The molecule has 8 nitrogen and oxygen atoms in total. The lowest BCUT2D eigenvalue weighted by Gasteiger charge is -2.26. The molecular weight excluding hydrogens is 410 g/mol. The van der Waals surface area contributed by atoms with Crippen LogP contribution in [0.2, 0.25) is 0 Å². The van der Waals surface area contributed by atoms with E-state index in [1.165, 1.54) is 17.9 Å². The van der Waals surface area contributed by atoms with Crippen LogP contribution in [-0.4, -0.2) is 41.5 Å². The third-order valence-electron chi connectivity index (χ3n) is 5.35. The van der Waals surface area contributed by atoms with Crippen LogP contribution in [0.3, 0.4) is 0 Å². The number of aromatic nitrogens is 2. The van der Waals surface area contributed by atoms with Crippen molar-refractivity contribution < 1.29 is 19.4 Å². The maximum Gasteiger partial charge on any atom is 0.337 e. The van der Waals surface area contributed by atoms with E-state index in [2.05, 4.69) is 10.3 Å². The summed E-state index contributed by atoms with van der Waals surface area (Å²) < 4.78 is 11.7. The monoisotopic (exact) mass is 437 g/mol. The molecule has 0 unspecified atom stereocenters. The van der Waals surface area contributed by atoms with Gasteiger partial charge >= 0.3 is 5.97 Å². The summed E-state index contributed by atoms with van der Waals surface area (Å²) in [6.07, 6.45) is 3.06. The fourth-order valence-corrected chi connectivity index (χ4v) is 3.52. The topological polar surface area (TPSA) is 103 Å². The van der Waals surface area contributed by atoms with E-state index < -0.39 is 12.0 Å². The molecule has 0 saturated heterocycles. The number of rotatable bonds is 8.